The highest BCUT2D eigenvalue weighted by Gasteiger charge is 2.14. The molecule has 0 spiro atoms. The first-order valence-corrected chi connectivity index (χ1v) is 7.69. The number of hydrogen-bond donors (Lipinski definition) is 2. The first kappa shape index (κ1) is 18.6. The van der Waals surface area contributed by atoms with Crippen molar-refractivity contribution >= 4 is 11.8 Å². The van der Waals surface area contributed by atoms with E-state index in [0.717, 1.165) is 12.8 Å². The van der Waals surface area contributed by atoms with Crippen LogP contribution in [0.2, 0.25) is 0 Å². The molecule has 0 saturated heterocycles. The summed E-state index contributed by atoms with van der Waals surface area (Å²) in [5, 5.41) is 8.89. The number of ketones is 1. The molecule has 2 rings (SSSR count). The second-order valence-electron chi connectivity index (χ2n) is 5.07. The van der Waals surface area contributed by atoms with E-state index in [1.54, 1.807) is 18.2 Å². The molecule has 4 heteroatoms. The van der Waals surface area contributed by atoms with Crippen molar-refractivity contribution in [2.24, 2.45) is 5.73 Å². The number of carboxylic acids is 1. The van der Waals surface area contributed by atoms with Gasteiger partial charge in [0.25, 0.3) is 0 Å². The van der Waals surface area contributed by atoms with Crippen molar-refractivity contribution in [3.63, 3.8) is 0 Å². The van der Waals surface area contributed by atoms with Crippen molar-refractivity contribution in [2.45, 2.75) is 32.7 Å². The molecule has 3 N–H and O–H groups in total. The molecule has 0 unspecified atom stereocenters. The van der Waals surface area contributed by atoms with Crippen molar-refractivity contribution < 1.29 is 14.7 Å². The van der Waals surface area contributed by atoms with Crippen molar-refractivity contribution in [1.29, 1.82) is 0 Å². The van der Waals surface area contributed by atoms with Gasteiger partial charge in [0, 0.05) is 18.5 Å². The van der Waals surface area contributed by atoms with Gasteiger partial charge in [-0.05, 0) is 18.1 Å². The van der Waals surface area contributed by atoms with Crippen LogP contribution in [-0.4, -0.2) is 16.9 Å². The molecule has 0 heterocycles. The fourth-order valence-corrected chi connectivity index (χ4v) is 2.00. The fourth-order valence-electron chi connectivity index (χ4n) is 2.00. The highest BCUT2D eigenvalue weighted by atomic mass is 16.4. The Hall–Kier alpha value is -2.46. The maximum atomic E-state index is 11.7. The fraction of sp³-hybridized carbons (Fsp3) is 0.263. The van der Waals surface area contributed by atoms with Crippen LogP contribution < -0.4 is 5.73 Å². The Kier molecular flexibility index (Phi) is 8.32. The lowest BCUT2D eigenvalue weighted by molar-refractivity contribution is 0.0691. The molecule has 0 bridgehead atoms. The van der Waals surface area contributed by atoms with E-state index in [0.29, 0.717) is 18.5 Å². The predicted molar refractivity (Wildman–Crippen MR) is 91.6 cm³/mol. The lowest BCUT2D eigenvalue weighted by Gasteiger charge is -2.03. The summed E-state index contributed by atoms with van der Waals surface area (Å²) in [5.41, 5.74) is 6.95. The Morgan fingerprint density at radius 1 is 0.957 bits per heavy atom. The standard InChI is InChI=1S/C12H14O3.C7H9N/c1-2-3-8-11(13)9-6-4-5-7-10(9)12(14)15;8-6-7-4-2-1-3-5-7/h4-7H,2-3,8H2,1H3,(H,14,15);1-5H,6,8H2. The topological polar surface area (TPSA) is 80.4 Å². The van der Waals surface area contributed by atoms with E-state index in [1.807, 2.05) is 37.3 Å². The van der Waals surface area contributed by atoms with E-state index >= 15 is 0 Å². The Labute approximate surface area is 137 Å². The van der Waals surface area contributed by atoms with Crippen molar-refractivity contribution in [1.82, 2.24) is 0 Å². The number of unbranched alkanes of at least 4 members (excludes halogenated alkanes) is 1. The third kappa shape index (κ3) is 6.45. The molecule has 2 aromatic rings. The number of nitrogens with two attached hydrogens (primary N) is 1. The van der Waals surface area contributed by atoms with E-state index in [-0.39, 0.29) is 11.3 Å². The molecule has 122 valence electrons. The van der Waals surface area contributed by atoms with Gasteiger partial charge in [0.05, 0.1) is 5.56 Å². The van der Waals surface area contributed by atoms with Crippen LogP contribution in [0.15, 0.2) is 54.6 Å². The molecule has 0 fully saturated rings. The molecule has 0 aliphatic rings. The van der Waals surface area contributed by atoms with Gasteiger partial charge < -0.3 is 10.8 Å². The van der Waals surface area contributed by atoms with Crippen molar-refractivity contribution in [2.75, 3.05) is 0 Å². The maximum absolute atomic E-state index is 11.7. The molecule has 0 saturated carbocycles. The Morgan fingerprint density at radius 3 is 2.00 bits per heavy atom. The molecule has 4 nitrogen and oxygen atoms in total. The quantitative estimate of drug-likeness (QED) is 0.792. The molecule has 0 aliphatic heterocycles. The number of Topliss-reactive ketones (excluding diaryl/α,β-unsaturated/α-hetero) is 1. The maximum Gasteiger partial charge on any atom is 0.336 e. The van der Waals surface area contributed by atoms with Gasteiger partial charge in [0.2, 0.25) is 0 Å². The third-order valence-electron chi connectivity index (χ3n) is 3.29. The van der Waals surface area contributed by atoms with Crippen LogP contribution in [-0.2, 0) is 6.54 Å². The number of carbonyl (C=O) groups is 2. The molecule has 0 amide bonds. The monoisotopic (exact) mass is 313 g/mol. The van der Waals surface area contributed by atoms with Crippen LogP contribution in [0, 0.1) is 0 Å². The second-order valence-corrected chi connectivity index (χ2v) is 5.07. The largest absolute Gasteiger partial charge is 0.478 e. The molecular formula is C19H23NO3. The average molecular weight is 313 g/mol. The second kappa shape index (κ2) is 10.3. The highest BCUT2D eigenvalue weighted by Crippen LogP contribution is 2.12. The summed E-state index contributed by atoms with van der Waals surface area (Å²) in [6.07, 6.45) is 2.15. The zero-order chi connectivity index (χ0) is 17.1. The van der Waals surface area contributed by atoms with Crippen molar-refractivity contribution in [3.8, 4) is 0 Å². The summed E-state index contributed by atoms with van der Waals surface area (Å²) in [5.74, 6) is -1.13. The minimum absolute atomic E-state index is 0.0881. The van der Waals surface area contributed by atoms with Gasteiger partial charge in [-0.3, -0.25) is 4.79 Å². The van der Waals surface area contributed by atoms with Gasteiger partial charge in [-0.15, -0.1) is 0 Å². The molecule has 0 aliphatic carbocycles. The average Bonchev–Trinajstić information content (AvgIpc) is 2.60. The van der Waals surface area contributed by atoms with Crippen LogP contribution >= 0.6 is 0 Å². The Balaban J connectivity index is 0.000000277. The summed E-state index contributed by atoms with van der Waals surface area (Å²) in [6.45, 7) is 2.64. The highest BCUT2D eigenvalue weighted by molar-refractivity contribution is 6.05. The molecule has 0 atom stereocenters. The van der Waals surface area contributed by atoms with Crippen LogP contribution in [0.5, 0.6) is 0 Å². The number of carboxylic acid groups (broad SMARTS) is 1. The van der Waals surface area contributed by atoms with Gasteiger partial charge in [-0.2, -0.15) is 0 Å². The summed E-state index contributed by atoms with van der Waals surface area (Å²) < 4.78 is 0. The van der Waals surface area contributed by atoms with E-state index in [9.17, 15) is 9.59 Å². The Bertz CT molecular complexity index is 624. The van der Waals surface area contributed by atoms with Crippen LogP contribution in [0.25, 0.3) is 0 Å². The molecule has 0 radical (unpaired) electrons. The first-order valence-electron chi connectivity index (χ1n) is 7.69. The van der Waals surface area contributed by atoms with Crippen LogP contribution in [0.1, 0.15) is 52.5 Å². The predicted octanol–water partition coefficient (Wildman–Crippen LogP) is 3.90. The Morgan fingerprint density at radius 2 is 1.52 bits per heavy atom. The van der Waals surface area contributed by atoms with Gasteiger partial charge >= 0.3 is 5.97 Å². The SMILES string of the molecule is CCCCC(=O)c1ccccc1C(=O)O.NCc1ccccc1. The van der Waals surface area contributed by atoms with E-state index < -0.39 is 5.97 Å². The minimum Gasteiger partial charge on any atom is -0.478 e. The zero-order valence-electron chi connectivity index (χ0n) is 13.4. The van der Waals surface area contributed by atoms with Gasteiger partial charge in [-0.1, -0.05) is 61.9 Å². The lowest BCUT2D eigenvalue weighted by Crippen LogP contribution is -2.08. The molecule has 0 aromatic heterocycles. The smallest absolute Gasteiger partial charge is 0.336 e. The zero-order valence-corrected chi connectivity index (χ0v) is 13.4. The number of rotatable bonds is 6. The molecular weight excluding hydrogens is 290 g/mol. The summed E-state index contributed by atoms with van der Waals surface area (Å²) >= 11 is 0. The van der Waals surface area contributed by atoms with Gasteiger partial charge in [-0.25, -0.2) is 4.79 Å². The number of carbonyl (C=O) groups excluding carboxylic acids is 1. The molecule has 23 heavy (non-hydrogen) atoms. The van der Waals surface area contributed by atoms with Gasteiger partial charge in [0.15, 0.2) is 5.78 Å². The number of hydrogen-bond acceptors (Lipinski definition) is 3. The lowest BCUT2D eigenvalue weighted by atomic mass is 10.0. The van der Waals surface area contributed by atoms with Crippen LogP contribution in [0.4, 0.5) is 0 Å². The van der Waals surface area contributed by atoms with E-state index in [2.05, 4.69) is 0 Å². The number of benzene rings is 2. The first-order chi connectivity index (χ1) is 11.1. The molecule has 2 aromatic carbocycles. The number of aromatic carboxylic acids is 1. The minimum atomic E-state index is -1.05. The normalized spacial score (nSPS) is 9.65. The van der Waals surface area contributed by atoms with E-state index in [4.69, 9.17) is 10.8 Å². The summed E-state index contributed by atoms with van der Waals surface area (Å²) in [7, 11) is 0. The van der Waals surface area contributed by atoms with Crippen molar-refractivity contribution in [3.05, 3.63) is 71.3 Å². The summed E-state index contributed by atoms with van der Waals surface area (Å²) in [4.78, 5) is 22.5. The summed E-state index contributed by atoms with van der Waals surface area (Å²) in [6, 6.07) is 16.3. The van der Waals surface area contributed by atoms with Gasteiger partial charge in [0.1, 0.15) is 0 Å². The van der Waals surface area contributed by atoms with E-state index in [1.165, 1.54) is 11.6 Å². The van der Waals surface area contributed by atoms with Crippen LogP contribution in [0.3, 0.4) is 0 Å². The third-order valence-corrected chi connectivity index (χ3v) is 3.29.